The number of aromatic nitrogens is 2. The maximum atomic E-state index is 12.5. The van der Waals surface area contributed by atoms with Gasteiger partial charge in [0.05, 0.1) is 17.9 Å². The lowest BCUT2D eigenvalue weighted by Gasteiger charge is -2.26. The molecule has 28 heavy (non-hydrogen) atoms. The highest BCUT2D eigenvalue weighted by molar-refractivity contribution is 5.85. The van der Waals surface area contributed by atoms with Crippen LogP contribution in [0.3, 0.4) is 0 Å². The predicted molar refractivity (Wildman–Crippen MR) is 114 cm³/mol. The second kappa shape index (κ2) is 8.93. The molecule has 6 heteroatoms. The minimum atomic E-state index is 0. The fourth-order valence-electron chi connectivity index (χ4n) is 3.72. The van der Waals surface area contributed by atoms with Crippen LogP contribution in [0, 0.1) is 0 Å². The van der Waals surface area contributed by atoms with Gasteiger partial charge in [-0.1, -0.05) is 24.3 Å². The number of hydrogen-bond acceptors (Lipinski definition) is 3. The first kappa shape index (κ1) is 20.0. The number of carbonyl (C=O) groups excluding carboxylic acids is 1. The summed E-state index contributed by atoms with van der Waals surface area (Å²) in [6.45, 7) is 0. The van der Waals surface area contributed by atoms with E-state index in [9.17, 15) is 4.79 Å². The van der Waals surface area contributed by atoms with Crippen LogP contribution in [-0.4, -0.2) is 15.7 Å². The molecule has 1 amide bonds. The molecule has 2 aromatic carbocycles. The third-order valence-electron chi connectivity index (χ3n) is 5.11. The van der Waals surface area contributed by atoms with Crippen molar-refractivity contribution in [1.82, 2.24) is 15.1 Å². The molecule has 4 rings (SSSR count). The summed E-state index contributed by atoms with van der Waals surface area (Å²) in [6, 6.07) is 16.1. The molecule has 0 saturated heterocycles. The fourth-order valence-corrected chi connectivity index (χ4v) is 3.72. The molecular weight excluding hydrogens is 372 g/mol. The molecule has 0 aliphatic heterocycles. The number of para-hydroxylation sites is 1. The summed E-state index contributed by atoms with van der Waals surface area (Å²) >= 11 is 0. The lowest BCUT2D eigenvalue weighted by atomic mass is 9.87. The van der Waals surface area contributed by atoms with Crippen LogP contribution in [0.5, 0.6) is 0 Å². The van der Waals surface area contributed by atoms with E-state index >= 15 is 0 Å². The summed E-state index contributed by atoms with van der Waals surface area (Å²) < 4.78 is 1.84. The molecule has 1 aliphatic rings. The van der Waals surface area contributed by atoms with Gasteiger partial charge in [0, 0.05) is 18.3 Å². The van der Waals surface area contributed by atoms with Crippen LogP contribution in [0.2, 0.25) is 0 Å². The number of rotatable bonds is 5. The molecule has 1 atom stereocenters. The van der Waals surface area contributed by atoms with Crippen molar-refractivity contribution in [2.24, 2.45) is 0 Å². The van der Waals surface area contributed by atoms with Gasteiger partial charge in [-0.05, 0) is 66.6 Å². The largest absolute Gasteiger partial charge is 0.399 e. The van der Waals surface area contributed by atoms with Crippen molar-refractivity contribution in [2.45, 2.75) is 38.1 Å². The zero-order chi connectivity index (χ0) is 18.6. The number of halogens is 1. The molecule has 1 heterocycles. The van der Waals surface area contributed by atoms with Crippen LogP contribution in [0.25, 0.3) is 5.69 Å². The average molecular weight is 397 g/mol. The highest BCUT2D eigenvalue weighted by atomic mass is 35.5. The zero-order valence-corrected chi connectivity index (χ0v) is 16.5. The quantitative estimate of drug-likeness (QED) is 0.640. The maximum Gasteiger partial charge on any atom is 0.220 e. The number of nitrogens with zero attached hydrogens (tertiary/aromatic N) is 2. The summed E-state index contributed by atoms with van der Waals surface area (Å²) in [5.41, 5.74) is 11.2. The maximum absolute atomic E-state index is 12.5. The number of benzene rings is 2. The molecule has 0 spiro atoms. The minimum Gasteiger partial charge on any atom is -0.399 e. The minimum absolute atomic E-state index is 0. The van der Waals surface area contributed by atoms with Crippen molar-refractivity contribution in [1.29, 1.82) is 0 Å². The molecule has 0 saturated carbocycles. The summed E-state index contributed by atoms with van der Waals surface area (Å²) in [7, 11) is 0. The number of nitrogens with two attached hydrogens (primary N) is 1. The average Bonchev–Trinajstić information content (AvgIpc) is 3.16. The second-order valence-electron chi connectivity index (χ2n) is 7.10. The Labute approximate surface area is 171 Å². The first-order valence-corrected chi connectivity index (χ1v) is 9.46. The SMILES string of the molecule is Cl.Nc1ccc2c(c1)CCCC2NC(=O)CCc1cnn(-c2ccccc2)c1. The van der Waals surface area contributed by atoms with Gasteiger partial charge in [0.15, 0.2) is 0 Å². The first-order chi connectivity index (χ1) is 13.2. The standard InChI is InChI=1S/C22H24N4O.ClH/c23-18-10-11-20-17(13-18)5-4-8-21(20)25-22(27)12-9-16-14-24-26(15-16)19-6-2-1-3-7-19;/h1-3,6-7,10-11,13-15,21H,4-5,8-9,12,23H2,(H,25,27);1H. The second-order valence-corrected chi connectivity index (χ2v) is 7.10. The van der Waals surface area contributed by atoms with E-state index in [1.165, 1.54) is 11.1 Å². The Morgan fingerprint density at radius 2 is 2.04 bits per heavy atom. The van der Waals surface area contributed by atoms with Crippen molar-refractivity contribution in [2.75, 3.05) is 5.73 Å². The van der Waals surface area contributed by atoms with Gasteiger partial charge in [0.2, 0.25) is 5.91 Å². The van der Waals surface area contributed by atoms with Crippen molar-refractivity contribution >= 4 is 24.0 Å². The van der Waals surface area contributed by atoms with Gasteiger partial charge < -0.3 is 11.1 Å². The molecule has 0 bridgehead atoms. The number of anilines is 1. The smallest absolute Gasteiger partial charge is 0.220 e. The normalized spacial score (nSPS) is 15.4. The highest BCUT2D eigenvalue weighted by Gasteiger charge is 2.21. The van der Waals surface area contributed by atoms with E-state index in [2.05, 4.69) is 16.5 Å². The molecule has 1 aromatic heterocycles. The number of hydrogen-bond donors (Lipinski definition) is 2. The Morgan fingerprint density at radius 1 is 1.21 bits per heavy atom. The van der Waals surface area contributed by atoms with Gasteiger partial charge in [-0.3, -0.25) is 4.79 Å². The third kappa shape index (κ3) is 4.54. The molecule has 146 valence electrons. The highest BCUT2D eigenvalue weighted by Crippen LogP contribution is 2.31. The Kier molecular flexibility index (Phi) is 6.37. The van der Waals surface area contributed by atoms with Gasteiger partial charge in [-0.2, -0.15) is 5.10 Å². The van der Waals surface area contributed by atoms with Crippen LogP contribution >= 0.6 is 12.4 Å². The number of nitrogens with one attached hydrogen (secondary N) is 1. The summed E-state index contributed by atoms with van der Waals surface area (Å²) in [5.74, 6) is 0.0807. The monoisotopic (exact) mass is 396 g/mol. The molecule has 0 fully saturated rings. The Balaban J connectivity index is 0.00000225. The fraction of sp³-hybridized carbons (Fsp3) is 0.273. The van der Waals surface area contributed by atoms with Crippen LogP contribution in [0.1, 0.15) is 42.0 Å². The van der Waals surface area contributed by atoms with E-state index in [-0.39, 0.29) is 24.4 Å². The number of nitrogen functional groups attached to an aromatic ring is 1. The zero-order valence-electron chi connectivity index (χ0n) is 15.7. The predicted octanol–water partition coefficient (Wildman–Crippen LogP) is 4.00. The number of fused-ring (bicyclic) bond motifs is 1. The Bertz CT molecular complexity index is 939. The van der Waals surface area contributed by atoms with Crippen molar-refractivity contribution in [3.05, 3.63) is 77.6 Å². The van der Waals surface area contributed by atoms with E-state index in [1.54, 1.807) is 0 Å². The summed E-state index contributed by atoms with van der Waals surface area (Å²) in [5, 5.41) is 7.59. The van der Waals surface area contributed by atoms with Gasteiger partial charge in [0.25, 0.3) is 0 Å². The number of aryl methyl sites for hydroxylation is 2. The molecule has 3 aromatic rings. The number of amides is 1. The summed E-state index contributed by atoms with van der Waals surface area (Å²) in [4.78, 5) is 12.5. The molecular formula is C22H25ClN4O. The molecule has 1 aliphatic carbocycles. The van der Waals surface area contributed by atoms with E-state index in [0.717, 1.165) is 36.2 Å². The Morgan fingerprint density at radius 3 is 2.86 bits per heavy atom. The van der Waals surface area contributed by atoms with Gasteiger partial charge in [0.1, 0.15) is 0 Å². The van der Waals surface area contributed by atoms with Crippen LogP contribution in [0.15, 0.2) is 60.9 Å². The topological polar surface area (TPSA) is 72.9 Å². The lowest BCUT2D eigenvalue weighted by Crippen LogP contribution is -2.31. The van der Waals surface area contributed by atoms with E-state index in [1.807, 2.05) is 59.5 Å². The first-order valence-electron chi connectivity index (χ1n) is 9.46. The molecule has 5 nitrogen and oxygen atoms in total. The van der Waals surface area contributed by atoms with Gasteiger partial charge >= 0.3 is 0 Å². The van der Waals surface area contributed by atoms with E-state index in [4.69, 9.17) is 5.73 Å². The van der Waals surface area contributed by atoms with E-state index < -0.39 is 0 Å². The van der Waals surface area contributed by atoms with Gasteiger partial charge in [-0.15, -0.1) is 12.4 Å². The van der Waals surface area contributed by atoms with Crippen LogP contribution in [-0.2, 0) is 17.6 Å². The molecule has 0 radical (unpaired) electrons. The van der Waals surface area contributed by atoms with Crippen LogP contribution in [0.4, 0.5) is 5.69 Å². The van der Waals surface area contributed by atoms with E-state index in [0.29, 0.717) is 12.8 Å². The molecule has 3 N–H and O–H groups in total. The molecule has 1 unspecified atom stereocenters. The van der Waals surface area contributed by atoms with Crippen molar-refractivity contribution in [3.8, 4) is 5.69 Å². The van der Waals surface area contributed by atoms with Crippen LogP contribution < -0.4 is 11.1 Å². The summed E-state index contributed by atoms with van der Waals surface area (Å²) in [6.07, 6.45) is 8.05. The van der Waals surface area contributed by atoms with Gasteiger partial charge in [-0.25, -0.2) is 4.68 Å². The Hall–Kier alpha value is -2.79. The lowest BCUT2D eigenvalue weighted by molar-refractivity contribution is -0.121. The van der Waals surface area contributed by atoms with Crippen molar-refractivity contribution < 1.29 is 4.79 Å². The van der Waals surface area contributed by atoms with Crippen molar-refractivity contribution in [3.63, 3.8) is 0 Å². The third-order valence-corrected chi connectivity index (χ3v) is 5.11. The number of carbonyl (C=O) groups is 1.